The van der Waals surface area contributed by atoms with Gasteiger partial charge in [0.2, 0.25) is 0 Å². The molecule has 0 amide bonds. The van der Waals surface area contributed by atoms with Crippen molar-refractivity contribution in [2.24, 2.45) is 0 Å². The van der Waals surface area contributed by atoms with E-state index in [4.69, 9.17) is 14.2 Å². The van der Waals surface area contributed by atoms with Gasteiger partial charge in [-0.2, -0.15) is 0 Å². The van der Waals surface area contributed by atoms with Crippen molar-refractivity contribution in [2.75, 3.05) is 19.8 Å². The van der Waals surface area contributed by atoms with Gasteiger partial charge in [0, 0.05) is 19.4 Å². The van der Waals surface area contributed by atoms with Crippen molar-refractivity contribution in [1.82, 2.24) is 0 Å². The van der Waals surface area contributed by atoms with E-state index in [0.717, 1.165) is 57.8 Å². The molecule has 1 atom stereocenters. The number of allylic oxidation sites excluding steroid dienone is 6. The molecule has 0 spiro atoms. The number of esters is 2. The Morgan fingerprint density at radius 3 is 1.11 bits per heavy atom. The van der Waals surface area contributed by atoms with Crippen molar-refractivity contribution in [3.63, 3.8) is 0 Å². The highest BCUT2D eigenvalue weighted by atomic mass is 16.6. The van der Waals surface area contributed by atoms with Crippen molar-refractivity contribution < 1.29 is 23.8 Å². The molecule has 0 radical (unpaired) electrons. The number of ether oxygens (including phenoxy) is 3. The largest absolute Gasteiger partial charge is 0.462 e. The minimum atomic E-state index is -0.535. The first-order chi connectivity index (χ1) is 30.6. The van der Waals surface area contributed by atoms with Gasteiger partial charge >= 0.3 is 11.9 Å². The second-order valence-electron chi connectivity index (χ2n) is 18.5. The van der Waals surface area contributed by atoms with Crippen molar-refractivity contribution >= 4 is 11.9 Å². The first-order valence-electron chi connectivity index (χ1n) is 27.5. The number of hydrogen-bond donors (Lipinski definition) is 0. The van der Waals surface area contributed by atoms with E-state index in [0.29, 0.717) is 19.4 Å². The molecule has 0 heterocycles. The summed E-state index contributed by atoms with van der Waals surface area (Å²) in [5, 5.41) is 0. The highest BCUT2D eigenvalue weighted by Crippen LogP contribution is 2.16. The van der Waals surface area contributed by atoms with Crippen molar-refractivity contribution in [1.29, 1.82) is 0 Å². The molecule has 62 heavy (non-hydrogen) atoms. The van der Waals surface area contributed by atoms with Crippen molar-refractivity contribution in [3.05, 3.63) is 36.5 Å². The summed E-state index contributed by atoms with van der Waals surface area (Å²) in [5.74, 6) is -0.394. The fourth-order valence-corrected chi connectivity index (χ4v) is 8.05. The lowest BCUT2D eigenvalue weighted by atomic mass is 10.0. The van der Waals surface area contributed by atoms with E-state index in [1.165, 1.54) is 199 Å². The average molecular weight is 871 g/mol. The van der Waals surface area contributed by atoms with Gasteiger partial charge in [0.15, 0.2) is 6.10 Å². The molecule has 0 aliphatic carbocycles. The van der Waals surface area contributed by atoms with Gasteiger partial charge in [-0.3, -0.25) is 9.59 Å². The molecule has 0 aromatic rings. The van der Waals surface area contributed by atoms with Crippen LogP contribution in [0.3, 0.4) is 0 Å². The smallest absolute Gasteiger partial charge is 0.306 e. The standard InChI is InChI=1S/C57H106O5/c1-4-7-10-13-16-19-22-24-26-28-29-31-32-34-36-38-41-44-47-50-56(58)61-54-55(53-60-52-49-46-43-40-21-18-15-12-9-6-3)62-57(59)51-48-45-42-39-37-35-33-30-27-25-23-20-17-14-11-8-5-2/h16,19,24,26,29,31,55H,4-15,17-18,20-23,25,27-28,30,32-54H2,1-3H3/b19-16-,26-24-,31-29-. The summed E-state index contributed by atoms with van der Waals surface area (Å²) in [4.78, 5) is 25.4. The quantitative estimate of drug-likeness (QED) is 0.0346. The minimum absolute atomic E-state index is 0.0845. The fraction of sp³-hybridized carbons (Fsp3) is 0.860. The molecule has 0 N–H and O–H groups in total. The van der Waals surface area contributed by atoms with Crippen LogP contribution in [0.25, 0.3) is 0 Å². The zero-order valence-corrected chi connectivity index (χ0v) is 41.9. The summed E-state index contributed by atoms with van der Waals surface area (Å²) in [6.07, 6.45) is 64.4. The summed E-state index contributed by atoms with van der Waals surface area (Å²) >= 11 is 0. The molecule has 5 nitrogen and oxygen atoms in total. The molecular weight excluding hydrogens is 765 g/mol. The SMILES string of the molecule is CCCCC/C=C\C/C=C\C/C=C\CCCCCCCCC(=O)OCC(COCCCCCCCCCCCC)OC(=O)CCCCCCCCCCCCCCCCCCC. The van der Waals surface area contributed by atoms with Gasteiger partial charge in [-0.05, 0) is 57.8 Å². The van der Waals surface area contributed by atoms with Gasteiger partial charge in [0.1, 0.15) is 6.61 Å². The second kappa shape index (κ2) is 53.5. The van der Waals surface area contributed by atoms with E-state index in [2.05, 4.69) is 57.2 Å². The number of carbonyl (C=O) groups is 2. The molecule has 0 aliphatic heterocycles. The molecular formula is C57H106O5. The Kier molecular flexibility index (Phi) is 51.8. The summed E-state index contributed by atoms with van der Waals surface area (Å²) in [5.41, 5.74) is 0. The van der Waals surface area contributed by atoms with E-state index >= 15 is 0 Å². The molecule has 0 aromatic carbocycles. The predicted octanol–water partition coefficient (Wildman–Crippen LogP) is 18.6. The van der Waals surface area contributed by atoms with Gasteiger partial charge < -0.3 is 14.2 Å². The highest BCUT2D eigenvalue weighted by molar-refractivity contribution is 5.70. The monoisotopic (exact) mass is 871 g/mol. The number of carbonyl (C=O) groups excluding carboxylic acids is 2. The van der Waals surface area contributed by atoms with Gasteiger partial charge in [0.25, 0.3) is 0 Å². The van der Waals surface area contributed by atoms with E-state index in [1.54, 1.807) is 0 Å². The Hall–Kier alpha value is -1.88. The average Bonchev–Trinajstić information content (AvgIpc) is 3.27. The molecule has 5 heteroatoms. The lowest BCUT2D eigenvalue weighted by Crippen LogP contribution is -2.30. The maximum atomic E-state index is 12.8. The van der Waals surface area contributed by atoms with Crippen LogP contribution < -0.4 is 0 Å². The molecule has 0 rings (SSSR count). The third-order valence-corrected chi connectivity index (χ3v) is 12.2. The zero-order valence-electron chi connectivity index (χ0n) is 41.9. The zero-order chi connectivity index (χ0) is 44.9. The fourth-order valence-electron chi connectivity index (χ4n) is 8.05. The van der Waals surface area contributed by atoms with E-state index < -0.39 is 6.10 Å². The van der Waals surface area contributed by atoms with Crippen LogP contribution in [0.15, 0.2) is 36.5 Å². The second-order valence-corrected chi connectivity index (χ2v) is 18.5. The molecule has 0 aliphatic rings. The molecule has 364 valence electrons. The number of unbranched alkanes of at least 4 members (excludes halogenated alkanes) is 34. The molecule has 0 aromatic heterocycles. The lowest BCUT2D eigenvalue weighted by molar-refractivity contribution is -0.163. The third kappa shape index (κ3) is 50.8. The number of hydrogen-bond acceptors (Lipinski definition) is 5. The summed E-state index contributed by atoms with van der Waals surface area (Å²) in [6.45, 7) is 7.84. The molecule has 0 saturated heterocycles. The van der Waals surface area contributed by atoms with Crippen LogP contribution in [0.5, 0.6) is 0 Å². The molecule has 0 bridgehead atoms. The summed E-state index contributed by atoms with van der Waals surface area (Å²) in [6, 6.07) is 0. The Bertz CT molecular complexity index is 986. The lowest BCUT2D eigenvalue weighted by Gasteiger charge is -2.18. The summed E-state index contributed by atoms with van der Waals surface area (Å²) in [7, 11) is 0. The Labute approximate surface area is 387 Å². The molecule has 0 fully saturated rings. The van der Waals surface area contributed by atoms with Crippen LogP contribution in [-0.2, 0) is 23.8 Å². The first kappa shape index (κ1) is 60.1. The van der Waals surface area contributed by atoms with Crippen LogP contribution in [0.1, 0.15) is 290 Å². The third-order valence-electron chi connectivity index (χ3n) is 12.2. The Morgan fingerprint density at radius 2 is 0.677 bits per heavy atom. The van der Waals surface area contributed by atoms with Gasteiger partial charge in [0.05, 0.1) is 6.61 Å². The van der Waals surface area contributed by atoms with E-state index in [1.807, 2.05) is 0 Å². The molecule has 1 unspecified atom stereocenters. The number of rotatable bonds is 51. The Balaban J connectivity index is 4.19. The maximum absolute atomic E-state index is 12.8. The van der Waals surface area contributed by atoms with Crippen LogP contribution in [0.2, 0.25) is 0 Å². The summed E-state index contributed by atoms with van der Waals surface area (Å²) < 4.78 is 17.4. The Morgan fingerprint density at radius 1 is 0.355 bits per heavy atom. The highest BCUT2D eigenvalue weighted by Gasteiger charge is 2.17. The van der Waals surface area contributed by atoms with Gasteiger partial charge in [-0.15, -0.1) is 0 Å². The van der Waals surface area contributed by atoms with Crippen LogP contribution >= 0.6 is 0 Å². The normalized spacial score (nSPS) is 12.4. The van der Waals surface area contributed by atoms with E-state index in [-0.39, 0.29) is 25.2 Å². The van der Waals surface area contributed by atoms with Gasteiger partial charge in [-0.1, -0.05) is 256 Å². The van der Waals surface area contributed by atoms with Crippen LogP contribution in [0, 0.1) is 0 Å². The topological polar surface area (TPSA) is 61.8 Å². The first-order valence-corrected chi connectivity index (χ1v) is 27.5. The van der Waals surface area contributed by atoms with Crippen molar-refractivity contribution in [3.8, 4) is 0 Å². The van der Waals surface area contributed by atoms with Crippen LogP contribution in [-0.4, -0.2) is 37.9 Å². The van der Waals surface area contributed by atoms with Gasteiger partial charge in [-0.25, -0.2) is 0 Å². The maximum Gasteiger partial charge on any atom is 0.306 e. The van der Waals surface area contributed by atoms with Crippen molar-refractivity contribution in [2.45, 2.75) is 297 Å². The van der Waals surface area contributed by atoms with Crippen LogP contribution in [0.4, 0.5) is 0 Å². The van der Waals surface area contributed by atoms with E-state index in [9.17, 15) is 9.59 Å². The predicted molar refractivity (Wildman–Crippen MR) is 270 cm³/mol. The minimum Gasteiger partial charge on any atom is -0.462 e. The molecule has 0 saturated carbocycles.